The van der Waals surface area contributed by atoms with E-state index in [4.69, 9.17) is 5.21 Å². The maximum atomic E-state index is 8.96. The Kier molecular flexibility index (Phi) is 4.17. The number of hydrogen-bond acceptors (Lipinski definition) is 2. The lowest BCUT2D eigenvalue weighted by Gasteiger charge is -2.13. The van der Waals surface area contributed by atoms with Crippen molar-refractivity contribution in [2.45, 2.75) is 12.8 Å². The van der Waals surface area contributed by atoms with Crippen molar-refractivity contribution in [1.29, 1.82) is 0 Å². The van der Waals surface area contributed by atoms with Gasteiger partial charge in [0.2, 0.25) is 0 Å². The lowest BCUT2D eigenvalue weighted by Crippen LogP contribution is -1.94. The third kappa shape index (κ3) is 2.99. The van der Waals surface area contributed by atoms with Gasteiger partial charge in [0.1, 0.15) is 0 Å². The monoisotopic (exact) mass is 325 g/mol. The number of hydrogen-bond donors (Lipinski definition) is 1. The second-order valence-electron chi connectivity index (χ2n) is 6.25. The molecule has 0 spiro atoms. The zero-order valence-electron chi connectivity index (χ0n) is 13.9. The standard InChI is InChI=1S/C23H19NO/c25-24-16-20-10-2-1-9-19(20)15-23-21-11-5-3-7-17(21)13-14-18-8-4-6-12-22(18)23/h1-12,15-16,25H,13-14H2/b24-16+. The third-order valence-electron chi connectivity index (χ3n) is 4.77. The van der Waals surface area contributed by atoms with Gasteiger partial charge in [-0.3, -0.25) is 0 Å². The molecule has 1 aliphatic carbocycles. The van der Waals surface area contributed by atoms with Crippen LogP contribution in [0.4, 0.5) is 0 Å². The Labute approximate surface area is 147 Å². The van der Waals surface area contributed by atoms with Gasteiger partial charge in [-0.15, -0.1) is 0 Å². The molecule has 2 nitrogen and oxygen atoms in total. The average molecular weight is 325 g/mol. The van der Waals surface area contributed by atoms with Crippen LogP contribution in [0.3, 0.4) is 0 Å². The number of oxime groups is 1. The fourth-order valence-corrected chi connectivity index (χ4v) is 3.55. The Morgan fingerprint density at radius 3 is 1.80 bits per heavy atom. The first-order valence-corrected chi connectivity index (χ1v) is 8.51. The molecule has 1 aliphatic rings. The van der Waals surface area contributed by atoms with Gasteiger partial charge in [-0.25, -0.2) is 0 Å². The van der Waals surface area contributed by atoms with E-state index in [1.807, 2.05) is 18.2 Å². The van der Waals surface area contributed by atoms with E-state index in [-0.39, 0.29) is 0 Å². The zero-order valence-corrected chi connectivity index (χ0v) is 13.9. The molecule has 0 saturated heterocycles. The van der Waals surface area contributed by atoms with Crippen LogP contribution in [0.2, 0.25) is 0 Å². The van der Waals surface area contributed by atoms with Gasteiger partial charge in [0.15, 0.2) is 0 Å². The van der Waals surface area contributed by atoms with Crippen molar-refractivity contribution < 1.29 is 5.21 Å². The minimum absolute atomic E-state index is 0.900. The minimum atomic E-state index is 0.900. The molecule has 3 aromatic rings. The molecule has 0 amide bonds. The van der Waals surface area contributed by atoms with E-state index in [1.165, 1.54) is 34.0 Å². The number of fused-ring (bicyclic) bond motifs is 2. The fourth-order valence-electron chi connectivity index (χ4n) is 3.55. The molecule has 2 heteroatoms. The van der Waals surface area contributed by atoms with Crippen LogP contribution in [-0.4, -0.2) is 11.4 Å². The van der Waals surface area contributed by atoms with Crippen molar-refractivity contribution >= 4 is 17.9 Å². The van der Waals surface area contributed by atoms with Gasteiger partial charge in [-0.05, 0) is 52.3 Å². The Bertz CT molecular complexity index is 920. The van der Waals surface area contributed by atoms with Crippen LogP contribution in [0.5, 0.6) is 0 Å². The van der Waals surface area contributed by atoms with Crippen molar-refractivity contribution in [3.05, 3.63) is 106 Å². The second kappa shape index (κ2) is 6.78. The van der Waals surface area contributed by atoms with Gasteiger partial charge in [-0.1, -0.05) is 78.0 Å². The van der Waals surface area contributed by atoms with Crippen LogP contribution in [0.25, 0.3) is 11.6 Å². The summed E-state index contributed by atoms with van der Waals surface area (Å²) in [6.07, 6.45) is 5.79. The lowest BCUT2D eigenvalue weighted by atomic mass is 9.91. The molecule has 0 fully saturated rings. The highest BCUT2D eigenvalue weighted by Crippen LogP contribution is 2.35. The van der Waals surface area contributed by atoms with Crippen LogP contribution in [0.1, 0.15) is 33.4 Å². The Morgan fingerprint density at radius 2 is 1.20 bits per heavy atom. The van der Waals surface area contributed by atoms with E-state index >= 15 is 0 Å². The van der Waals surface area contributed by atoms with Crippen molar-refractivity contribution in [1.82, 2.24) is 0 Å². The Hall–Kier alpha value is -3.13. The molecular weight excluding hydrogens is 306 g/mol. The van der Waals surface area contributed by atoms with Crippen molar-refractivity contribution in [3.63, 3.8) is 0 Å². The predicted octanol–water partition coefficient (Wildman–Crippen LogP) is 5.18. The highest BCUT2D eigenvalue weighted by atomic mass is 16.4. The predicted molar refractivity (Wildman–Crippen MR) is 103 cm³/mol. The molecule has 0 heterocycles. The van der Waals surface area contributed by atoms with Gasteiger partial charge in [0.25, 0.3) is 0 Å². The first kappa shape index (κ1) is 15.4. The number of aryl methyl sites for hydroxylation is 2. The van der Waals surface area contributed by atoms with E-state index in [9.17, 15) is 0 Å². The van der Waals surface area contributed by atoms with Crippen LogP contribution in [0.15, 0.2) is 78.0 Å². The molecule has 1 N–H and O–H groups in total. The molecule has 0 aliphatic heterocycles. The minimum Gasteiger partial charge on any atom is -0.411 e. The molecule has 3 aromatic carbocycles. The van der Waals surface area contributed by atoms with Crippen molar-refractivity contribution in [3.8, 4) is 0 Å². The van der Waals surface area contributed by atoms with E-state index in [1.54, 1.807) is 0 Å². The smallest absolute Gasteiger partial charge is 0.0739 e. The number of rotatable bonds is 2. The summed E-state index contributed by atoms with van der Waals surface area (Å²) in [6.45, 7) is 0. The number of benzene rings is 3. The summed E-state index contributed by atoms with van der Waals surface area (Å²) in [7, 11) is 0. The largest absolute Gasteiger partial charge is 0.411 e. The average Bonchev–Trinajstić information content (AvgIpc) is 2.81. The van der Waals surface area contributed by atoms with Crippen LogP contribution in [-0.2, 0) is 12.8 Å². The molecule has 4 rings (SSSR count). The molecule has 0 bridgehead atoms. The van der Waals surface area contributed by atoms with E-state index in [0.717, 1.165) is 24.0 Å². The van der Waals surface area contributed by atoms with E-state index < -0.39 is 0 Å². The van der Waals surface area contributed by atoms with E-state index in [0.29, 0.717) is 0 Å². The molecule has 25 heavy (non-hydrogen) atoms. The summed E-state index contributed by atoms with van der Waals surface area (Å²) in [5.41, 5.74) is 8.48. The summed E-state index contributed by atoms with van der Waals surface area (Å²) in [5, 5.41) is 12.2. The van der Waals surface area contributed by atoms with E-state index in [2.05, 4.69) is 65.8 Å². The molecule has 0 atom stereocenters. The second-order valence-corrected chi connectivity index (χ2v) is 6.25. The summed E-state index contributed by atoms with van der Waals surface area (Å²) in [4.78, 5) is 0. The lowest BCUT2D eigenvalue weighted by molar-refractivity contribution is 0.322. The van der Waals surface area contributed by atoms with Crippen LogP contribution in [0, 0.1) is 0 Å². The first-order valence-electron chi connectivity index (χ1n) is 8.51. The number of nitrogens with zero attached hydrogens (tertiary/aromatic N) is 1. The van der Waals surface area contributed by atoms with Crippen molar-refractivity contribution in [2.24, 2.45) is 5.16 Å². The first-order chi connectivity index (χ1) is 12.4. The maximum Gasteiger partial charge on any atom is 0.0739 e. The normalized spacial score (nSPS) is 13.2. The summed E-state index contributed by atoms with van der Waals surface area (Å²) in [6, 6.07) is 25.2. The van der Waals surface area contributed by atoms with Gasteiger partial charge in [-0.2, -0.15) is 0 Å². The Morgan fingerprint density at radius 1 is 0.680 bits per heavy atom. The molecule has 0 aromatic heterocycles. The third-order valence-corrected chi connectivity index (χ3v) is 4.77. The molecule has 0 radical (unpaired) electrons. The molecule has 122 valence electrons. The molecule has 0 saturated carbocycles. The molecular formula is C23H19NO. The Balaban J connectivity index is 1.98. The van der Waals surface area contributed by atoms with Crippen LogP contribution >= 0.6 is 0 Å². The van der Waals surface area contributed by atoms with Gasteiger partial charge >= 0.3 is 0 Å². The molecule has 0 unspecified atom stereocenters. The van der Waals surface area contributed by atoms with Gasteiger partial charge < -0.3 is 5.21 Å². The zero-order chi connectivity index (χ0) is 17.1. The summed E-state index contributed by atoms with van der Waals surface area (Å²) in [5.74, 6) is 0. The highest BCUT2D eigenvalue weighted by Gasteiger charge is 2.17. The van der Waals surface area contributed by atoms with Crippen LogP contribution < -0.4 is 0 Å². The maximum absolute atomic E-state index is 8.96. The topological polar surface area (TPSA) is 32.6 Å². The summed E-state index contributed by atoms with van der Waals surface area (Å²) < 4.78 is 0. The quantitative estimate of drug-likeness (QED) is 0.393. The van der Waals surface area contributed by atoms with Gasteiger partial charge in [0, 0.05) is 5.56 Å². The highest BCUT2D eigenvalue weighted by molar-refractivity contribution is 5.97. The van der Waals surface area contributed by atoms with Gasteiger partial charge in [0.05, 0.1) is 6.21 Å². The van der Waals surface area contributed by atoms with Crippen molar-refractivity contribution in [2.75, 3.05) is 0 Å². The SMILES string of the molecule is O/N=C/c1ccccc1C=C1c2ccccc2CCc2ccccc21. The summed E-state index contributed by atoms with van der Waals surface area (Å²) >= 11 is 0. The fraction of sp³-hybridized carbons (Fsp3) is 0.0870.